The van der Waals surface area contributed by atoms with E-state index in [0.717, 1.165) is 34.4 Å². The molecule has 3 aromatic rings. The van der Waals surface area contributed by atoms with E-state index in [9.17, 15) is 9.18 Å². The first-order chi connectivity index (χ1) is 13.1. The van der Waals surface area contributed by atoms with E-state index < -0.39 is 11.9 Å². The number of carbonyl (C=O) groups is 1. The monoisotopic (exact) mass is 379 g/mol. The van der Waals surface area contributed by atoms with Crippen LogP contribution in [0.5, 0.6) is 0 Å². The summed E-state index contributed by atoms with van der Waals surface area (Å²) >= 11 is 1.47. The van der Waals surface area contributed by atoms with Gasteiger partial charge in [0.15, 0.2) is 0 Å². The van der Waals surface area contributed by atoms with Crippen molar-refractivity contribution in [3.05, 3.63) is 65.1 Å². The Bertz CT molecular complexity index is 1090. The van der Waals surface area contributed by atoms with Crippen LogP contribution < -0.4 is 5.32 Å². The number of nitrogens with zero attached hydrogens (tertiary/aromatic N) is 2. The van der Waals surface area contributed by atoms with E-state index >= 15 is 0 Å². The number of benzene rings is 2. The average Bonchev–Trinajstić information content (AvgIpc) is 3.29. The quantitative estimate of drug-likeness (QED) is 0.688. The van der Waals surface area contributed by atoms with Crippen LogP contribution in [0.15, 0.2) is 42.6 Å². The largest absolute Gasteiger partial charge is 0.465 e. The van der Waals surface area contributed by atoms with Crippen LogP contribution in [0.2, 0.25) is 0 Å². The lowest BCUT2D eigenvalue weighted by atomic mass is 10.0. The Morgan fingerprint density at radius 3 is 3.00 bits per heavy atom. The first-order valence-corrected chi connectivity index (χ1v) is 9.16. The summed E-state index contributed by atoms with van der Waals surface area (Å²) in [6.07, 6.45) is 2.26. The Morgan fingerprint density at radius 1 is 1.37 bits per heavy atom. The van der Waals surface area contributed by atoms with Crippen LogP contribution in [0.1, 0.15) is 29.2 Å². The van der Waals surface area contributed by atoms with Gasteiger partial charge >= 0.3 is 6.09 Å². The van der Waals surface area contributed by atoms with E-state index in [1.165, 1.54) is 23.5 Å². The maximum Gasteiger partial charge on any atom is 0.405 e. The minimum atomic E-state index is -1.03. The Hall–Kier alpha value is -3.24. The molecule has 1 aromatic heterocycles. The van der Waals surface area contributed by atoms with E-state index in [-0.39, 0.29) is 11.6 Å². The summed E-state index contributed by atoms with van der Waals surface area (Å²) in [4.78, 5) is 16.4. The molecule has 0 spiro atoms. The molecule has 1 unspecified atom stereocenters. The highest BCUT2D eigenvalue weighted by Gasteiger charge is 2.26. The van der Waals surface area contributed by atoms with Crippen molar-refractivity contribution in [3.8, 4) is 27.1 Å². The van der Waals surface area contributed by atoms with Gasteiger partial charge in [-0.2, -0.15) is 5.26 Å². The third kappa shape index (κ3) is 3.15. The normalized spacial score (nSPS) is 15.2. The second-order valence-electron chi connectivity index (χ2n) is 6.25. The van der Waals surface area contributed by atoms with Crippen LogP contribution >= 0.6 is 11.3 Å². The molecule has 0 saturated carbocycles. The van der Waals surface area contributed by atoms with Crippen LogP contribution in [0.3, 0.4) is 0 Å². The predicted molar refractivity (Wildman–Crippen MR) is 99.9 cm³/mol. The van der Waals surface area contributed by atoms with E-state index in [2.05, 4.69) is 10.3 Å². The van der Waals surface area contributed by atoms with Crippen molar-refractivity contribution >= 4 is 17.4 Å². The molecule has 5 nitrogen and oxygen atoms in total. The molecule has 1 aliphatic carbocycles. The number of amides is 1. The summed E-state index contributed by atoms with van der Waals surface area (Å²) in [5, 5.41) is 21.3. The molecule has 0 aliphatic heterocycles. The molecule has 7 heteroatoms. The Morgan fingerprint density at radius 2 is 2.22 bits per heavy atom. The summed E-state index contributed by atoms with van der Waals surface area (Å²) in [7, 11) is 0. The summed E-state index contributed by atoms with van der Waals surface area (Å²) in [6.45, 7) is 0. The minimum absolute atomic E-state index is 0.00700. The highest BCUT2D eigenvalue weighted by molar-refractivity contribution is 7.18. The van der Waals surface area contributed by atoms with Gasteiger partial charge in [-0.25, -0.2) is 14.2 Å². The van der Waals surface area contributed by atoms with Gasteiger partial charge in [-0.05, 0) is 47.7 Å². The van der Waals surface area contributed by atoms with Crippen LogP contribution in [0, 0.1) is 17.1 Å². The van der Waals surface area contributed by atoms with Gasteiger partial charge in [-0.3, -0.25) is 0 Å². The molecule has 1 heterocycles. The summed E-state index contributed by atoms with van der Waals surface area (Å²) in [6, 6.07) is 11.9. The zero-order valence-electron chi connectivity index (χ0n) is 14.1. The lowest BCUT2D eigenvalue weighted by Crippen LogP contribution is -2.24. The van der Waals surface area contributed by atoms with Crippen LogP contribution in [0.4, 0.5) is 9.18 Å². The molecule has 1 amide bonds. The third-order valence-corrected chi connectivity index (χ3v) is 5.75. The Balaban J connectivity index is 1.70. The van der Waals surface area contributed by atoms with Crippen molar-refractivity contribution < 1.29 is 14.3 Å². The molecule has 134 valence electrons. The van der Waals surface area contributed by atoms with Gasteiger partial charge in [0.25, 0.3) is 0 Å². The molecule has 0 radical (unpaired) electrons. The standard InChI is InChI=1S/C20H14FN3O2S/c21-16-6-4-11(8-12(16)9-22)19-23-10-18(27-19)15-3-1-2-14-13(15)5-7-17(14)24-20(25)26/h1-4,6,8,10,17,24H,5,7H2,(H,25,26). The van der Waals surface area contributed by atoms with Gasteiger partial charge in [-0.15, -0.1) is 11.3 Å². The van der Waals surface area contributed by atoms with Crippen molar-refractivity contribution in [1.82, 2.24) is 10.3 Å². The molecule has 1 aliphatic rings. The second-order valence-corrected chi connectivity index (χ2v) is 7.28. The zero-order valence-corrected chi connectivity index (χ0v) is 14.9. The van der Waals surface area contributed by atoms with Crippen molar-refractivity contribution in [2.24, 2.45) is 0 Å². The molecule has 4 rings (SSSR count). The Kier molecular flexibility index (Phi) is 4.34. The highest BCUT2D eigenvalue weighted by atomic mass is 32.1. The number of nitriles is 1. The van der Waals surface area contributed by atoms with Crippen molar-refractivity contribution in [2.75, 3.05) is 0 Å². The first kappa shape index (κ1) is 17.2. The molecule has 27 heavy (non-hydrogen) atoms. The van der Waals surface area contributed by atoms with Crippen LogP contribution in [0.25, 0.3) is 21.0 Å². The molecular formula is C20H14FN3O2S. The second kappa shape index (κ2) is 6.82. The van der Waals surface area contributed by atoms with E-state index in [4.69, 9.17) is 10.4 Å². The lowest BCUT2D eigenvalue weighted by Gasteiger charge is -2.12. The zero-order chi connectivity index (χ0) is 19.0. The van der Waals surface area contributed by atoms with Crippen LogP contribution in [-0.4, -0.2) is 16.2 Å². The number of hydrogen-bond donors (Lipinski definition) is 2. The molecule has 2 N–H and O–H groups in total. The van der Waals surface area contributed by atoms with Crippen molar-refractivity contribution in [1.29, 1.82) is 5.26 Å². The van der Waals surface area contributed by atoms with Gasteiger partial charge in [0.1, 0.15) is 16.9 Å². The number of nitrogens with one attached hydrogen (secondary N) is 1. The fraction of sp³-hybridized carbons (Fsp3) is 0.150. The van der Waals surface area contributed by atoms with Crippen molar-refractivity contribution in [2.45, 2.75) is 18.9 Å². The molecule has 2 aromatic carbocycles. The molecular weight excluding hydrogens is 365 g/mol. The van der Waals surface area contributed by atoms with E-state index in [0.29, 0.717) is 10.6 Å². The van der Waals surface area contributed by atoms with E-state index in [1.54, 1.807) is 12.3 Å². The summed E-state index contributed by atoms with van der Waals surface area (Å²) < 4.78 is 13.5. The van der Waals surface area contributed by atoms with Gasteiger partial charge in [-0.1, -0.05) is 18.2 Å². The highest BCUT2D eigenvalue weighted by Crippen LogP contribution is 2.40. The number of fused-ring (bicyclic) bond motifs is 1. The number of aromatic nitrogens is 1. The number of rotatable bonds is 3. The topological polar surface area (TPSA) is 86.0 Å². The van der Waals surface area contributed by atoms with E-state index in [1.807, 2.05) is 24.3 Å². The number of halogens is 1. The maximum absolute atomic E-state index is 13.5. The Labute approximate surface area is 158 Å². The predicted octanol–water partition coefficient (Wildman–Crippen LogP) is 4.74. The molecule has 0 saturated heterocycles. The molecule has 0 fully saturated rings. The maximum atomic E-state index is 13.5. The lowest BCUT2D eigenvalue weighted by molar-refractivity contribution is 0.190. The first-order valence-electron chi connectivity index (χ1n) is 8.34. The SMILES string of the molecule is N#Cc1cc(-c2ncc(-c3cccc4c3CCC4NC(=O)O)s2)ccc1F. The third-order valence-electron chi connectivity index (χ3n) is 4.67. The molecule has 1 atom stereocenters. The van der Waals surface area contributed by atoms with Gasteiger partial charge in [0.2, 0.25) is 0 Å². The smallest absolute Gasteiger partial charge is 0.405 e. The van der Waals surface area contributed by atoms with Crippen molar-refractivity contribution in [3.63, 3.8) is 0 Å². The summed E-state index contributed by atoms with van der Waals surface area (Å²) in [5.74, 6) is -0.545. The van der Waals surface area contributed by atoms with Gasteiger partial charge in [0, 0.05) is 11.8 Å². The molecule has 0 bridgehead atoms. The number of hydrogen-bond acceptors (Lipinski definition) is 4. The minimum Gasteiger partial charge on any atom is -0.465 e. The fourth-order valence-corrected chi connectivity index (χ4v) is 4.43. The number of thiazole rings is 1. The number of carboxylic acid groups (broad SMARTS) is 1. The van der Waals surface area contributed by atoms with Gasteiger partial charge in [0.05, 0.1) is 16.5 Å². The summed E-state index contributed by atoms with van der Waals surface area (Å²) in [5.41, 5.74) is 3.85. The van der Waals surface area contributed by atoms with Crippen LogP contribution in [-0.2, 0) is 6.42 Å². The fourth-order valence-electron chi connectivity index (χ4n) is 3.46. The average molecular weight is 379 g/mol. The van der Waals surface area contributed by atoms with Gasteiger partial charge < -0.3 is 10.4 Å².